The van der Waals surface area contributed by atoms with Crippen molar-refractivity contribution in [2.45, 2.75) is 25.7 Å². The Morgan fingerprint density at radius 1 is 1.50 bits per heavy atom. The molecular weight excluding hydrogens is 250 g/mol. The summed E-state index contributed by atoms with van der Waals surface area (Å²) >= 11 is 1.27. The van der Waals surface area contributed by atoms with Crippen molar-refractivity contribution in [1.82, 2.24) is 10.3 Å². The summed E-state index contributed by atoms with van der Waals surface area (Å²) in [5.74, 6) is 0.522. The van der Waals surface area contributed by atoms with E-state index in [4.69, 9.17) is 5.73 Å². The summed E-state index contributed by atoms with van der Waals surface area (Å²) in [4.78, 5) is 15.8. The Kier molecular flexibility index (Phi) is 4.54. The molecule has 1 fully saturated rings. The normalized spacial score (nSPS) is 23.8. The molecule has 2 unspecified atom stereocenters. The molecule has 2 rings (SSSR count). The van der Waals surface area contributed by atoms with Crippen LogP contribution in [0.1, 0.15) is 36.2 Å². The fourth-order valence-electron chi connectivity index (χ4n) is 2.50. The number of hydrogen-bond donors (Lipinski definition) is 3. The van der Waals surface area contributed by atoms with Gasteiger partial charge in [0.25, 0.3) is 5.91 Å². The maximum atomic E-state index is 11.8. The number of anilines is 1. The van der Waals surface area contributed by atoms with Crippen LogP contribution in [0.3, 0.4) is 0 Å². The minimum atomic E-state index is -0.176. The molecule has 0 aliphatic heterocycles. The number of rotatable bonds is 4. The molecule has 0 bridgehead atoms. The first-order chi connectivity index (χ1) is 8.70. The third-order valence-corrected chi connectivity index (χ3v) is 4.25. The summed E-state index contributed by atoms with van der Waals surface area (Å²) in [7, 11) is 0. The Balaban J connectivity index is 1.85. The third-order valence-electron chi connectivity index (χ3n) is 3.58. The smallest absolute Gasteiger partial charge is 0.270 e. The van der Waals surface area contributed by atoms with Gasteiger partial charge in [-0.15, -0.1) is 11.3 Å². The molecule has 5 nitrogen and oxygen atoms in total. The molecule has 1 aromatic rings. The topological polar surface area (TPSA) is 88.2 Å². The molecule has 0 saturated heterocycles. The molecule has 1 heterocycles. The highest BCUT2D eigenvalue weighted by atomic mass is 32.1. The summed E-state index contributed by atoms with van der Waals surface area (Å²) in [6, 6.07) is 0. The van der Waals surface area contributed by atoms with E-state index in [1.807, 2.05) is 0 Å². The predicted molar refractivity (Wildman–Crippen MR) is 71.4 cm³/mol. The van der Waals surface area contributed by atoms with Gasteiger partial charge in [0.2, 0.25) is 0 Å². The van der Waals surface area contributed by atoms with E-state index in [1.54, 1.807) is 5.38 Å². The zero-order chi connectivity index (χ0) is 13.0. The first-order valence-corrected chi connectivity index (χ1v) is 7.18. The molecule has 100 valence electrons. The predicted octanol–water partition coefficient (Wildman–Crippen LogP) is 1.25. The van der Waals surface area contributed by atoms with E-state index in [-0.39, 0.29) is 12.5 Å². The molecule has 1 saturated carbocycles. The summed E-state index contributed by atoms with van der Waals surface area (Å²) in [5, 5.41) is 14.3. The van der Waals surface area contributed by atoms with Crippen molar-refractivity contribution in [3.63, 3.8) is 0 Å². The second kappa shape index (κ2) is 6.15. The molecule has 6 heteroatoms. The van der Waals surface area contributed by atoms with Crippen LogP contribution in [-0.2, 0) is 0 Å². The first kappa shape index (κ1) is 13.3. The van der Waals surface area contributed by atoms with E-state index in [0.29, 0.717) is 29.2 Å². The van der Waals surface area contributed by atoms with E-state index >= 15 is 0 Å². The average molecular weight is 269 g/mol. The lowest BCUT2D eigenvalue weighted by atomic mass is 9.79. The van der Waals surface area contributed by atoms with E-state index in [9.17, 15) is 9.90 Å². The van der Waals surface area contributed by atoms with Gasteiger partial charge in [-0.05, 0) is 24.7 Å². The minimum Gasteiger partial charge on any atom is -0.396 e. The Morgan fingerprint density at radius 2 is 2.22 bits per heavy atom. The molecule has 1 aromatic heterocycles. The van der Waals surface area contributed by atoms with Gasteiger partial charge in [-0.2, -0.15) is 0 Å². The molecule has 4 N–H and O–H groups in total. The van der Waals surface area contributed by atoms with E-state index in [1.165, 1.54) is 24.2 Å². The Morgan fingerprint density at radius 3 is 2.83 bits per heavy atom. The highest BCUT2D eigenvalue weighted by Gasteiger charge is 2.25. The number of carbonyl (C=O) groups excluding carboxylic acids is 1. The Bertz CT molecular complexity index is 408. The molecule has 2 atom stereocenters. The van der Waals surface area contributed by atoms with Crippen molar-refractivity contribution >= 4 is 22.4 Å². The van der Waals surface area contributed by atoms with Crippen LogP contribution in [0.4, 0.5) is 5.13 Å². The molecule has 18 heavy (non-hydrogen) atoms. The van der Waals surface area contributed by atoms with Gasteiger partial charge in [0.1, 0.15) is 5.69 Å². The largest absolute Gasteiger partial charge is 0.396 e. The molecule has 0 radical (unpaired) electrons. The van der Waals surface area contributed by atoms with Gasteiger partial charge in [-0.1, -0.05) is 12.8 Å². The number of nitrogens with one attached hydrogen (secondary N) is 1. The fraction of sp³-hybridized carbons (Fsp3) is 0.667. The van der Waals surface area contributed by atoms with Gasteiger partial charge in [0.05, 0.1) is 0 Å². The number of aliphatic hydroxyl groups excluding tert-OH is 1. The van der Waals surface area contributed by atoms with Crippen LogP contribution >= 0.6 is 11.3 Å². The zero-order valence-electron chi connectivity index (χ0n) is 10.3. The van der Waals surface area contributed by atoms with E-state index in [0.717, 1.165) is 12.8 Å². The van der Waals surface area contributed by atoms with Crippen LogP contribution < -0.4 is 11.1 Å². The monoisotopic (exact) mass is 269 g/mol. The number of nitrogens with zero attached hydrogens (tertiary/aromatic N) is 1. The third kappa shape index (κ3) is 3.20. The second-order valence-electron chi connectivity index (χ2n) is 4.77. The maximum Gasteiger partial charge on any atom is 0.270 e. The number of aliphatic hydroxyl groups is 1. The molecule has 1 amide bonds. The number of hydrogen-bond acceptors (Lipinski definition) is 5. The quantitative estimate of drug-likeness (QED) is 0.767. The second-order valence-corrected chi connectivity index (χ2v) is 5.66. The molecular formula is C12H19N3O2S. The SMILES string of the molecule is Nc1nc(C(=O)NCC2CCCCC2CO)cs1. The Labute approximate surface area is 110 Å². The molecule has 1 aliphatic rings. The first-order valence-electron chi connectivity index (χ1n) is 6.30. The van der Waals surface area contributed by atoms with Crippen LogP contribution in [-0.4, -0.2) is 29.1 Å². The highest BCUT2D eigenvalue weighted by molar-refractivity contribution is 7.13. The number of carbonyl (C=O) groups is 1. The lowest BCUT2D eigenvalue weighted by Crippen LogP contribution is -2.35. The van der Waals surface area contributed by atoms with Crippen LogP contribution in [0, 0.1) is 11.8 Å². The van der Waals surface area contributed by atoms with Crippen molar-refractivity contribution in [2.24, 2.45) is 11.8 Å². The summed E-state index contributed by atoms with van der Waals surface area (Å²) in [5.41, 5.74) is 5.88. The standard InChI is InChI=1S/C12H19N3O2S/c13-12-15-10(7-18-12)11(17)14-5-8-3-1-2-4-9(8)6-16/h7-9,16H,1-6H2,(H2,13,15)(H,14,17). The van der Waals surface area contributed by atoms with Crippen LogP contribution in [0.5, 0.6) is 0 Å². The van der Waals surface area contributed by atoms with Gasteiger partial charge < -0.3 is 16.2 Å². The van der Waals surface area contributed by atoms with Crippen LogP contribution in [0.25, 0.3) is 0 Å². The molecule has 0 spiro atoms. The minimum absolute atomic E-state index is 0.176. The van der Waals surface area contributed by atoms with Crippen molar-refractivity contribution in [3.8, 4) is 0 Å². The van der Waals surface area contributed by atoms with Gasteiger partial charge in [0.15, 0.2) is 5.13 Å². The van der Waals surface area contributed by atoms with Crippen molar-refractivity contribution in [3.05, 3.63) is 11.1 Å². The fourth-order valence-corrected chi connectivity index (χ4v) is 3.04. The number of aromatic nitrogens is 1. The molecule has 0 aromatic carbocycles. The van der Waals surface area contributed by atoms with Gasteiger partial charge in [0, 0.05) is 18.5 Å². The van der Waals surface area contributed by atoms with E-state index < -0.39 is 0 Å². The van der Waals surface area contributed by atoms with E-state index in [2.05, 4.69) is 10.3 Å². The van der Waals surface area contributed by atoms with Gasteiger partial charge in [-0.3, -0.25) is 4.79 Å². The molecule has 1 aliphatic carbocycles. The summed E-state index contributed by atoms with van der Waals surface area (Å²) in [6.07, 6.45) is 4.49. The number of amides is 1. The highest BCUT2D eigenvalue weighted by Crippen LogP contribution is 2.29. The zero-order valence-corrected chi connectivity index (χ0v) is 11.1. The number of nitrogen functional groups attached to an aromatic ring is 1. The van der Waals surface area contributed by atoms with Crippen molar-refractivity contribution in [1.29, 1.82) is 0 Å². The maximum absolute atomic E-state index is 11.8. The van der Waals surface area contributed by atoms with Crippen molar-refractivity contribution in [2.75, 3.05) is 18.9 Å². The summed E-state index contributed by atoms with van der Waals surface area (Å²) < 4.78 is 0. The lowest BCUT2D eigenvalue weighted by molar-refractivity contribution is 0.0905. The van der Waals surface area contributed by atoms with Crippen LogP contribution in [0.2, 0.25) is 0 Å². The lowest BCUT2D eigenvalue weighted by Gasteiger charge is -2.30. The van der Waals surface area contributed by atoms with Crippen molar-refractivity contribution < 1.29 is 9.90 Å². The van der Waals surface area contributed by atoms with Crippen LogP contribution in [0.15, 0.2) is 5.38 Å². The number of nitrogens with two attached hydrogens (primary N) is 1. The average Bonchev–Trinajstić information content (AvgIpc) is 2.83. The summed E-state index contributed by atoms with van der Waals surface area (Å²) in [6.45, 7) is 0.825. The Hall–Kier alpha value is -1.14. The van der Waals surface area contributed by atoms with Gasteiger partial charge >= 0.3 is 0 Å². The number of thiazole rings is 1. The van der Waals surface area contributed by atoms with Gasteiger partial charge in [-0.25, -0.2) is 4.98 Å².